The normalized spacial score (nSPS) is 13.2. The molecule has 0 heterocycles. The molecule has 0 aliphatic rings. The maximum atomic E-state index is 14.5. The van der Waals surface area contributed by atoms with Crippen LogP contribution in [0.3, 0.4) is 0 Å². The Morgan fingerprint density at radius 2 is 1.96 bits per heavy atom. The number of carbonyl (C=O) groups is 2. The van der Waals surface area contributed by atoms with Crippen LogP contribution in [-0.4, -0.2) is 53.3 Å². The summed E-state index contributed by atoms with van der Waals surface area (Å²) >= 11 is 3.99. The highest BCUT2D eigenvalue weighted by Crippen LogP contribution is 2.26. The molecule has 0 saturated heterocycles. The van der Waals surface area contributed by atoms with Crippen molar-refractivity contribution in [1.29, 1.82) is 0 Å². The molecule has 0 aliphatic carbocycles. The predicted molar refractivity (Wildman–Crippen MR) is 98.0 cm³/mol. The van der Waals surface area contributed by atoms with E-state index in [4.69, 9.17) is 11.6 Å². The van der Waals surface area contributed by atoms with E-state index in [9.17, 15) is 18.5 Å². The zero-order valence-electron chi connectivity index (χ0n) is 14.9. The number of carbonyl (C=O) groups excluding carboxylic acids is 2. The van der Waals surface area contributed by atoms with Crippen molar-refractivity contribution < 1.29 is 23.3 Å². The van der Waals surface area contributed by atoms with Crippen LogP contribution in [0.25, 0.3) is 0 Å². The molecule has 0 bridgehead atoms. The summed E-state index contributed by atoms with van der Waals surface area (Å²) in [4.78, 5) is 27.6. The molecular formula is C16H19ClFN3O4S. The Labute approximate surface area is 159 Å². The van der Waals surface area contributed by atoms with Gasteiger partial charge in [-0.15, -0.1) is 4.31 Å². The van der Waals surface area contributed by atoms with Gasteiger partial charge in [-0.3, -0.25) is 4.79 Å². The molecular weight excluding hydrogens is 385 g/mol. The number of amidine groups is 1. The summed E-state index contributed by atoms with van der Waals surface area (Å²) in [7, 11) is 3.99. The molecule has 1 unspecified atom stereocenters. The van der Waals surface area contributed by atoms with Gasteiger partial charge in [-0.1, -0.05) is 11.6 Å². The smallest absolute Gasteiger partial charge is 0.435 e. The van der Waals surface area contributed by atoms with Gasteiger partial charge in [0.1, 0.15) is 11.4 Å². The van der Waals surface area contributed by atoms with Crippen LogP contribution in [0.15, 0.2) is 34.0 Å². The Bertz CT molecular complexity index is 755. The highest BCUT2D eigenvalue weighted by atomic mass is 35.5. The summed E-state index contributed by atoms with van der Waals surface area (Å²) in [6, 6.07) is 3.17. The van der Waals surface area contributed by atoms with E-state index in [1.165, 1.54) is 19.0 Å². The number of likely N-dealkylation sites (N-methyl/N-ethyl adjacent to an activating group) is 1. The van der Waals surface area contributed by atoms with E-state index in [2.05, 4.69) is 9.73 Å². The molecule has 142 valence electrons. The predicted octanol–water partition coefficient (Wildman–Crippen LogP) is 2.98. The van der Waals surface area contributed by atoms with Crippen LogP contribution >= 0.6 is 11.6 Å². The number of hydrogen-bond donors (Lipinski definition) is 0. The minimum absolute atomic E-state index is 0.213. The standard InChI is InChI=1S/C16H19ClFN3O4S/c1-10-7-14(11(2)6-12(10)17)26(24)21(9-22)8-13(18)15(20(3)4)19-16(23)25-5/h6-9H,1-5H3/b13-8+,19-15?. The summed E-state index contributed by atoms with van der Waals surface area (Å²) in [5, 5.41) is 0.489. The maximum Gasteiger partial charge on any atom is 0.435 e. The molecule has 1 aromatic carbocycles. The lowest BCUT2D eigenvalue weighted by Gasteiger charge is -2.20. The van der Waals surface area contributed by atoms with Crippen LogP contribution in [0.1, 0.15) is 11.1 Å². The van der Waals surface area contributed by atoms with E-state index in [0.29, 0.717) is 31.6 Å². The van der Waals surface area contributed by atoms with Crippen LogP contribution in [0.4, 0.5) is 9.18 Å². The molecule has 0 N–H and O–H groups in total. The Hall–Kier alpha value is -2.10. The molecule has 1 atom stereocenters. The lowest BCUT2D eigenvalue weighted by molar-refractivity contribution is -0.112. The summed E-state index contributed by atoms with van der Waals surface area (Å²) < 4.78 is 32.2. The molecule has 0 spiro atoms. The summed E-state index contributed by atoms with van der Waals surface area (Å²) in [5.74, 6) is -1.42. The van der Waals surface area contributed by atoms with Gasteiger partial charge in [0, 0.05) is 30.7 Å². The van der Waals surface area contributed by atoms with E-state index < -0.39 is 23.3 Å². The van der Waals surface area contributed by atoms with E-state index in [-0.39, 0.29) is 12.2 Å². The first kappa shape index (κ1) is 21.9. The van der Waals surface area contributed by atoms with E-state index in [1.54, 1.807) is 26.0 Å². The molecule has 0 aliphatic heterocycles. The third-order valence-electron chi connectivity index (χ3n) is 3.19. The third-order valence-corrected chi connectivity index (χ3v) is 4.99. The molecule has 7 nitrogen and oxygen atoms in total. The first-order valence-corrected chi connectivity index (χ1v) is 8.74. The van der Waals surface area contributed by atoms with Gasteiger partial charge in [0.2, 0.25) is 0 Å². The van der Waals surface area contributed by atoms with Crippen LogP contribution < -0.4 is 0 Å². The Balaban J connectivity index is 3.27. The lowest BCUT2D eigenvalue weighted by atomic mass is 10.2. The zero-order valence-corrected chi connectivity index (χ0v) is 16.5. The van der Waals surface area contributed by atoms with Gasteiger partial charge in [0.15, 0.2) is 16.6 Å². The monoisotopic (exact) mass is 403 g/mol. The zero-order chi connectivity index (χ0) is 20.0. The van der Waals surface area contributed by atoms with Gasteiger partial charge in [-0.05, 0) is 25.5 Å². The van der Waals surface area contributed by atoms with Crippen LogP contribution in [-0.2, 0) is 20.9 Å². The molecule has 10 heteroatoms. The van der Waals surface area contributed by atoms with Gasteiger partial charge in [0.25, 0.3) is 6.41 Å². The Morgan fingerprint density at radius 1 is 1.35 bits per heavy atom. The minimum atomic E-state index is -2.02. The van der Waals surface area contributed by atoms with Crippen molar-refractivity contribution in [3.05, 3.63) is 40.3 Å². The highest BCUT2D eigenvalue weighted by molar-refractivity contribution is 7.89. The number of benzene rings is 1. The fraction of sp³-hybridized carbons (Fsp3) is 0.312. The van der Waals surface area contributed by atoms with E-state index in [1.807, 2.05) is 0 Å². The fourth-order valence-electron chi connectivity index (χ4n) is 1.84. The van der Waals surface area contributed by atoms with Crippen molar-refractivity contribution in [3.63, 3.8) is 0 Å². The Morgan fingerprint density at radius 3 is 2.46 bits per heavy atom. The van der Waals surface area contributed by atoms with E-state index >= 15 is 0 Å². The van der Waals surface area contributed by atoms with Crippen molar-refractivity contribution in [1.82, 2.24) is 9.21 Å². The summed E-state index contributed by atoms with van der Waals surface area (Å²) in [6.45, 7) is 3.39. The molecule has 2 amide bonds. The Kier molecular flexibility index (Phi) is 8.07. The second-order valence-corrected chi connectivity index (χ2v) is 7.13. The number of aliphatic imine (C=N–C) groups is 1. The van der Waals surface area contributed by atoms with Crippen LogP contribution in [0, 0.1) is 13.8 Å². The van der Waals surface area contributed by atoms with E-state index in [0.717, 1.165) is 7.11 Å². The number of methoxy groups -OCH3 is 1. The van der Waals surface area contributed by atoms with Crippen molar-refractivity contribution in [3.8, 4) is 0 Å². The van der Waals surface area contributed by atoms with Crippen LogP contribution in [0.5, 0.6) is 0 Å². The first-order chi connectivity index (χ1) is 12.1. The largest absolute Gasteiger partial charge is 0.587 e. The average molecular weight is 404 g/mol. The summed E-state index contributed by atoms with van der Waals surface area (Å²) in [6.07, 6.45) is -0.0983. The van der Waals surface area contributed by atoms with Gasteiger partial charge >= 0.3 is 6.09 Å². The first-order valence-electron chi connectivity index (χ1n) is 7.26. The molecule has 26 heavy (non-hydrogen) atoms. The molecule has 0 saturated carbocycles. The summed E-state index contributed by atoms with van der Waals surface area (Å²) in [5.41, 5.74) is 1.24. The number of rotatable bonds is 5. The average Bonchev–Trinajstić information content (AvgIpc) is 2.59. The number of ether oxygens (including phenoxy) is 1. The lowest BCUT2D eigenvalue weighted by Crippen LogP contribution is -2.29. The molecule has 1 rings (SSSR count). The highest BCUT2D eigenvalue weighted by Gasteiger charge is 2.25. The van der Waals surface area contributed by atoms with Gasteiger partial charge < -0.3 is 14.2 Å². The van der Waals surface area contributed by atoms with Crippen molar-refractivity contribution >= 4 is 41.3 Å². The molecule has 0 aromatic heterocycles. The molecule has 0 radical (unpaired) electrons. The SMILES string of the molecule is COC(=O)N=C(/C(F)=C\N(C=O)[S+]([O-])c1cc(C)c(Cl)cc1C)N(C)C. The minimum Gasteiger partial charge on any atom is -0.587 e. The van der Waals surface area contributed by atoms with Gasteiger partial charge in [-0.25, -0.2) is 9.18 Å². The second kappa shape index (κ2) is 9.56. The number of halogens is 2. The van der Waals surface area contributed by atoms with Crippen LogP contribution in [0.2, 0.25) is 5.02 Å². The van der Waals surface area contributed by atoms with Crippen molar-refractivity contribution in [2.45, 2.75) is 18.7 Å². The number of aryl methyl sites for hydroxylation is 2. The molecule has 1 aromatic rings. The topological polar surface area (TPSA) is 85.3 Å². The van der Waals surface area contributed by atoms with Gasteiger partial charge in [-0.2, -0.15) is 4.99 Å². The maximum absolute atomic E-state index is 14.5. The molecule has 0 fully saturated rings. The number of amides is 2. The third kappa shape index (κ3) is 5.45. The second-order valence-electron chi connectivity index (χ2n) is 5.36. The van der Waals surface area contributed by atoms with Crippen molar-refractivity contribution in [2.24, 2.45) is 4.99 Å². The number of hydrogen-bond acceptors (Lipinski definition) is 4. The quantitative estimate of drug-likeness (QED) is 0.326. The fourth-order valence-corrected chi connectivity index (χ4v) is 3.17. The van der Waals surface area contributed by atoms with Gasteiger partial charge in [0.05, 0.1) is 13.3 Å². The number of nitrogens with zero attached hydrogens (tertiary/aromatic N) is 3. The van der Waals surface area contributed by atoms with Crippen molar-refractivity contribution in [2.75, 3.05) is 21.2 Å².